The van der Waals surface area contributed by atoms with Gasteiger partial charge in [-0.3, -0.25) is 4.79 Å². The molecule has 1 aliphatic rings. The molecule has 0 saturated carbocycles. The van der Waals surface area contributed by atoms with Crippen LogP contribution in [0.4, 0.5) is 14.6 Å². The summed E-state index contributed by atoms with van der Waals surface area (Å²) in [6.07, 6.45) is 1.69. The molecule has 1 aromatic carbocycles. The number of hydrogen-bond donors (Lipinski definition) is 1. The molecule has 24 heavy (non-hydrogen) atoms. The maximum absolute atomic E-state index is 13.7. The summed E-state index contributed by atoms with van der Waals surface area (Å²) in [6.45, 7) is 2.91. The summed E-state index contributed by atoms with van der Waals surface area (Å²) < 4.78 is 31.9. The molecule has 0 unspecified atom stereocenters. The van der Waals surface area contributed by atoms with E-state index in [1.807, 2.05) is 6.07 Å². The Hall–Kier alpha value is -2.54. The van der Waals surface area contributed by atoms with Crippen LogP contribution >= 0.6 is 0 Å². The summed E-state index contributed by atoms with van der Waals surface area (Å²) in [5.74, 6) is -1.41. The highest BCUT2D eigenvalue weighted by Crippen LogP contribution is 2.18. The molecule has 0 atom stereocenters. The summed E-state index contributed by atoms with van der Waals surface area (Å²) >= 11 is 0. The molecule has 1 aliphatic heterocycles. The number of nitrogens with one attached hydrogen (secondary N) is 1. The van der Waals surface area contributed by atoms with E-state index in [0.717, 1.165) is 36.6 Å². The summed E-state index contributed by atoms with van der Waals surface area (Å²) in [5.41, 5.74) is 0.642. The normalized spacial score (nSPS) is 14.5. The number of benzene rings is 1. The van der Waals surface area contributed by atoms with E-state index < -0.39 is 17.5 Å². The van der Waals surface area contributed by atoms with Crippen LogP contribution in [0.3, 0.4) is 0 Å². The van der Waals surface area contributed by atoms with Crippen LogP contribution in [-0.4, -0.2) is 37.2 Å². The Bertz CT molecular complexity index is 734. The lowest BCUT2D eigenvalue weighted by Gasteiger charge is -2.29. The number of hydrogen-bond acceptors (Lipinski definition) is 4. The van der Waals surface area contributed by atoms with Crippen molar-refractivity contribution in [1.82, 2.24) is 10.3 Å². The number of carbonyl (C=O) groups excluding carboxylic acids is 1. The second-order valence-electron chi connectivity index (χ2n) is 5.39. The Labute approximate surface area is 138 Å². The van der Waals surface area contributed by atoms with Crippen molar-refractivity contribution >= 4 is 11.7 Å². The predicted molar refractivity (Wildman–Crippen MR) is 84.8 cm³/mol. The van der Waals surface area contributed by atoms with Gasteiger partial charge in [-0.25, -0.2) is 13.8 Å². The van der Waals surface area contributed by atoms with Gasteiger partial charge in [0.25, 0.3) is 5.91 Å². The number of morpholine rings is 1. The molecule has 0 aliphatic carbocycles. The van der Waals surface area contributed by atoms with Gasteiger partial charge >= 0.3 is 0 Å². The Morgan fingerprint density at radius 3 is 2.79 bits per heavy atom. The van der Waals surface area contributed by atoms with Gasteiger partial charge in [-0.2, -0.15) is 0 Å². The summed E-state index contributed by atoms with van der Waals surface area (Å²) in [6, 6.07) is 6.52. The number of ether oxygens (including phenoxy) is 1. The van der Waals surface area contributed by atoms with Gasteiger partial charge in [-0.15, -0.1) is 0 Å². The highest BCUT2D eigenvalue weighted by Gasteiger charge is 2.17. The van der Waals surface area contributed by atoms with E-state index in [2.05, 4.69) is 15.2 Å². The summed E-state index contributed by atoms with van der Waals surface area (Å²) in [5, 5.41) is 2.66. The van der Waals surface area contributed by atoms with Gasteiger partial charge in [-0.05, 0) is 18.2 Å². The summed E-state index contributed by atoms with van der Waals surface area (Å²) in [4.78, 5) is 18.6. The van der Waals surface area contributed by atoms with E-state index in [0.29, 0.717) is 19.3 Å². The first-order valence-electron chi connectivity index (χ1n) is 7.65. The number of anilines is 1. The minimum atomic E-state index is -0.882. The van der Waals surface area contributed by atoms with Crippen molar-refractivity contribution in [3.63, 3.8) is 0 Å². The molecule has 1 N–H and O–H groups in total. The van der Waals surface area contributed by atoms with Crippen LogP contribution in [0.5, 0.6) is 0 Å². The van der Waals surface area contributed by atoms with E-state index in [4.69, 9.17) is 4.74 Å². The molecule has 1 fully saturated rings. The zero-order valence-corrected chi connectivity index (χ0v) is 13.0. The van der Waals surface area contributed by atoms with Crippen LogP contribution in [-0.2, 0) is 11.3 Å². The number of pyridine rings is 1. The zero-order chi connectivity index (χ0) is 16.9. The average Bonchev–Trinajstić information content (AvgIpc) is 2.61. The van der Waals surface area contributed by atoms with E-state index in [1.54, 1.807) is 12.3 Å². The minimum Gasteiger partial charge on any atom is -0.378 e. The average molecular weight is 333 g/mol. The first kappa shape index (κ1) is 16.3. The molecule has 2 heterocycles. The smallest absolute Gasteiger partial charge is 0.254 e. The Balaban J connectivity index is 1.71. The Morgan fingerprint density at radius 2 is 2.04 bits per heavy atom. The minimum absolute atomic E-state index is 0.187. The molecule has 1 saturated heterocycles. The molecular formula is C17H17F2N3O2. The molecule has 0 spiro atoms. The van der Waals surface area contributed by atoms with Gasteiger partial charge in [0.05, 0.1) is 18.8 Å². The molecule has 1 amide bonds. The quantitative estimate of drug-likeness (QED) is 0.931. The third-order valence-electron chi connectivity index (χ3n) is 3.79. The topological polar surface area (TPSA) is 54.5 Å². The molecular weight excluding hydrogens is 316 g/mol. The van der Waals surface area contributed by atoms with Crippen molar-refractivity contribution in [2.24, 2.45) is 0 Å². The van der Waals surface area contributed by atoms with Crippen LogP contribution in [0, 0.1) is 11.6 Å². The molecule has 1 aromatic heterocycles. The van der Waals surface area contributed by atoms with Gasteiger partial charge in [0, 0.05) is 37.5 Å². The van der Waals surface area contributed by atoms with Gasteiger partial charge in [0.2, 0.25) is 0 Å². The van der Waals surface area contributed by atoms with Crippen LogP contribution in [0.15, 0.2) is 36.5 Å². The highest BCUT2D eigenvalue weighted by atomic mass is 19.1. The second kappa shape index (κ2) is 7.35. The van der Waals surface area contributed by atoms with Crippen molar-refractivity contribution in [3.05, 3.63) is 59.3 Å². The fourth-order valence-electron chi connectivity index (χ4n) is 2.57. The SMILES string of the molecule is O=C(NCc1cccnc1N1CCOCC1)c1ccc(F)cc1F. The molecule has 126 valence electrons. The Kier molecular flexibility index (Phi) is 5.00. The van der Waals surface area contributed by atoms with Crippen molar-refractivity contribution in [2.45, 2.75) is 6.54 Å². The van der Waals surface area contributed by atoms with Gasteiger partial charge in [-0.1, -0.05) is 6.07 Å². The second-order valence-corrected chi connectivity index (χ2v) is 5.39. The van der Waals surface area contributed by atoms with Crippen molar-refractivity contribution in [3.8, 4) is 0 Å². The number of carbonyl (C=O) groups is 1. The fourth-order valence-corrected chi connectivity index (χ4v) is 2.57. The van der Waals surface area contributed by atoms with Crippen LogP contribution in [0.2, 0.25) is 0 Å². The van der Waals surface area contributed by atoms with Gasteiger partial charge in [0.15, 0.2) is 0 Å². The Morgan fingerprint density at radius 1 is 1.25 bits per heavy atom. The van der Waals surface area contributed by atoms with Crippen LogP contribution < -0.4 is 10.2 Å². The largest absolute Gasteiger partial charge is 0.378 e. The monoisotopic (exact) mass is 333 g/mol. The lowest BCUT2D eigenvalue weighted by molar-refractivity contribution is 0.0946. The van der Waals surface area contributed by atoms with Crippen molar-refractivity contribution < 1.29 is 18.3 Å². The third kappa shape index (κ3) is 3.68. The lowest BCUT2D eigenvalue weighted by Crippen LogP contribution is -2.37. The summed E-state index contributed by atoms with van der Waals surface area (Å²) in [7, 11) is 0. The first-order valence-corrected chi connectivity index (χ1v) is 7.65. The zero-order valence-electron chi connectivity index (χ0n) is 13.0. The van der Waals surface area contributed by atoms with Crippen LogP contribution in [0.25, 0.3) is 0 Å². The first-order chi connectivity index (χ1) is 11.6. The molecule has 7 heteroatoms. The lowest BCUT2D eigenvalue weighted by atomic mass is 10.1. The highest BCUT2D eigenvalue weighted by molar-refractivity contribution is 5.94. The maximum Gasteiger partial charge on any atom is 0.254 e. The van der Waals surface area contributed by atoms with E-state index in [1.165, 1.54) is 0 Å². The predicted octanol–water partition coefficient (Wildman–Crippen LogP) is 2.13. The standard InChI is InChI=1S/C17H17F2N3O2/c18-13-3-4-14(15(19)10-13)17(23)21-11-12-2-1-5-20-16(12)22-6-8-24-9-7-22/h1-5,10H,6-9,11H2,(H,21,23). The molecule has 0 radical (unpaired) electrons. The molecule has 5 nitrogen and oxygen atoms in total. The van der Waals surface area contributed by atoms with Gasteiger partial charge in [0.1, 0.15) is 17.5 Å². The molecule has 2 aromatic rings. The van der Waals surface area contributed by atoms with Gasteiger partial charge < -0.3 is 15.0 Å². The number of amides is 1. The third-order valence-corrected chi connectivity index (χ3v) is 3.79. The number of nitrogens with zero attached hydrogens (tertiary/aromatic N) is 2. The van der Waals surface area contributed by atoms with E-state index >= 15 is 0 Å². The fraction of sp³-hybridized carbons (Fsp3) is 0.294. The van der Waals surface area contributed by atoms with E-state index in [9.17, 15) is 13.6 Å². The number of aromatic nitrogens is 1. The van der Waals surface area contributed by atoms with Crippen molar-refractivity contribution in [2.75, 3.05) is 31.2 Å². The molecule has 0 bridgehead atoms. The number of halogens is 2. The van der Waals surface area contributed by atoms with Crippen molar-refractivity contribution in [1.29, 1.82) is 0 Å². The van der Waals surface area contributed by atoms with E-state index in [-0.39, 0.29) is 12.1 Å². The molecule has 3 rings (SSSR count). The van der Waals surface area contributed by atoms with Crippen LogP contribution in [0.1, 0.15) is 15.9 Å². The maximum atomic E-state index is 13.7. The number of rotatable bonds is 4.